The van der Waals surface area contributed by atoms with Crippen molar-refractivity contribution in [3.63, 3.8) is 0 Å². The molecule has 3 fully saturated rings. The number of aliphatic hydroxyl groups excluding tert-OH is 2. The van der Waals surface area contributed by atoms with Crippen LogP contribution >= 0.6 is 0 Å². The number of aromatic nitrogens is 2. The van der Waals surface area contributed by atoms with Gasteiger partial charge >= 0.3 is 5.97 Å². The molecule has 2 saturated carbocycles. The second-order valence-electron chi connectivity index (χ2n) is 12.0. The molecule has 1 saturated heterocycles. The van der Waals surface area contributed by atoms with Gasteiger partial charge in [-0.05, 0) is 56.2 Å². The second-order valence-corrected chi connectivity index (χ2v) is 12.0. The number of piperazine rings is 1. The summed E-state index contributed by atoms with van der Waals surface area (Å²) in [5.41, 5.74) is 1.71. The van der Waals surface area contributed by atoms with E-state index < -0.39 is 11.5 Å². The van der Waals surface area contributed by atoms with Crippen LogP contribution in [0.4, 0.5) is 5.95 Å². The van der Waals surface area contributed by atoms with Gasteiger partial charge in [-0.25, -0.2) is 14.8 Å². The van der Waals surface area contributed by atoms with Crippen molar-refractivity contribution in [2.45, 2.75) is 45.6 Å². The lowest BCUT2D eigenvalue weighted by molar-refractivity contribution is -0.145. The average Bonchev–Trinajstić information content (AvgIpc) is 3.25. The summed E-state index contributed by atoms with van der Waals surface area (Å²) in [5, 5.41) is 20.9. The van der Waals surface area contributed by atoms with E-state index >= 15 is 0 Å². The largest absolute Gasteiger partial charge is 0.423 e. The number of esters is 1. The summed E-state index contributed by atoms with van der Waals surface area (Å²) in [6.07, 6.45) is 13.7. The van der Waals surface area contributed by atoms with Crippen LogP contribution in [0.15, 0.2) is 54.1 Å². The van der Waals surface area contributed by atoms with Gasteiger partial charge in [-0.2, -0.15) is 0 Å². The number of cyclic esters (lactones) is 1. The van der Waals surface area contributed by atoms with Crippen LogP contribution in [0.25, 0.3) is 6.08 Å². The van der Waals surface area contributed by atoms with Gasteiger partial charge in [0.1, 0.15) is 5.76 Å². The molecule has 4 aliphatic rings. The molecule has 8 heteroatoms. The molecule has 2 aliphatic carbocycles. The second kappa shape index (κ2) is 10.4. The monoisotopic (exact) mass is 520 g/mol. The summed E-state index contributed by atoms with van der Waals surface area (Å²) in [7, 11) is 2.11. The highest BCUT2D eigenvalue weighted by atomic mass is 16.5. The van der Waals surface area contributed by atoms with Gasteiger partial charge in [0.25, 0.3) is 0 Å². The molecule has 1 aromatic heterocycles. The Balaban J connectivity index is 1.31. The van der Waals surface area contributed by atoms with Gasteiger partial charge in [0.05, 0.1) is 18.3 Å². The minimum atomic E-state index is -0.538. The maximum atomic E-state index is 12.7. The molecule has 0 radical (unpaired) electrons. The summed E-state index contributed by atoms with van der Waals surface area (Å²) in [5.74, 6) is 1.01. The number of carbonyl (C=O) groups excluding carboxylic acids is 1. The molecule has 0 bridgehead atoms. The third-order valence-electron chi connectivity index (χ3n) is 9.52. The molecule has 1 aromatic rings. The molecule has 3 heterocycles. The molecule has 0 aromatic carbocycles. The molecule has 5 rings (SSSR count). The Bertz CT molecular complexity index is 1170. The smallest absolute Gasteiger partial charge is 0.343 e. The van der Waals surface area contributed by atoms with E-state index in [9.17, 15) is 15.0 Å². The zero-order valence-electron chi connectivity index (χ0n) is 22.8. The number of ether oxygens (including phenoxy) is 1. The number of fused-ring (bicyclic) bond motifs is 1. The number of hydrogen-bond acceptors (Lipinski definition) is 8. The Morgan fingerprint density at radius 1 is 1.18 bits per heavy atom. The van der Waals surface area contributed by atoms with Crippen molar-refractivity contribution in [3.05, 3.63) is 59.7 Å². The first-order chi connectivity index (χ1) is 18.1. The quantitative estimate of drug-likeness (QED) is 0.451. The normalized spacial score (nSPS) is 35.5. The van der Waals surface area contributed by atoms with Gasteiger partial charge in [-0.3, -0.25) is 0 Å². The number of anilines is 1. The zero-order chi connectivity index (χ0) is 27.1. The van der Waals surface area contributed by atoms with E-state index in [2.05, 4.69) is 46.4 Å². The van der Waals surface area contributed by atoms with Crippen molar-refractivity contribution >= 4 is 18.0 Å². The molecule has 204 valence electrons. The van der Waals surface area contributed by atoms with E-state index in [4.69, 9.17) is 4.74 Å². The van der Waals surface area contributed by atoms with Crippen LogP contribution in [0.3, 0.4) is 0 Å². The fourth-order valence-corrected chi connectivity index (χ4v) is 7.03. The van der Waals surface area contributed by atoms with Crippen molar-refractivity contribution in [1.29, 1.82) is 0 Å². The van der Waals surface area contributed by atoms with Crippen LogP contribution in [0.5, 0.6) is 0 Å². The van der Waals surface area contributed by atoms with Gasteiger partial charge in [-0.1, -0.05) is 38.2 Å². The maximum Gasteiger partial charge on any atom is 0.343 e. The Kier molecular flexibility index (Phi) is 7.33. The molecule has 0 amide bonds. The Labute approximate surface area is 225 Å². The lowest BCUT2D eigenvalue weighted by atomic mass is 9.46. The summed E-state index contributed by atoms with van der Waals surface area (Å²) in [4.78, 5) is 26.2. The van der Waals surface area contributed by atoms with Crippen molar-refractivity contribution in [3.8, 4) is 0 Å². The van der Waals surface area contributed by atoms with Crippen LogP contribution in [-0.4, -0.2) is 77.0 Å². The van der Waals surface area contributed by atoms with Crippen LogP contribution in [-0.2, 0) is 9.53 Å². The fraction of sp³-hybridized carbons (Fsp3) is 0.567. The van der Waals surface area contributed by atoms with E-state index in [1.54, 1.807) is 24.5 Å². The van der Waals surface area contributed by atoms with Gasteiger partial charge in [0.15, 0.2) is 0 Å². The fourth-order valence-electron chi connectivity index (χ4n) is 7.03. The highest BCUT2D eigenvalue weighted by Gasteiger charge is 2.57. The Morgan fingerprint density at radius 2 is 1.89 bits per heavy atom. The minimum absolute atomic E-state index is 0.0387. The van der Waals surface area contributed by atoms with Crippen LogP contribution in [0, 0.1) is 22.7 Å². The molecule has 5 atom stereocenters. The van der Waals surface area contributed by atoms with Crippen molar-refractivity contribution < 1.29 is 19.7 Å². The number of nitrogens with zero attached hydrogens (tertiary/aromatic N) is 4. The Morgan fingerprint density at radius 3 is 2.58 bits per heavy atom. The number of carbonyl (C=O) groups is 1. The third kappa shape index (κ3) is 4.85. The van der Waals surface area contributed by atoms with Crippen LogP contribution < -0.4 is 4.90 Å². The molecule has 0 spiro atoms. The molecule has 2 unspecified atom stereocenters. The van der Waals surface area contributed by atoms with E-state index in [1.165, 1.54) is 0 Å². The SMILES string of the molecule is C=C1CCC2[C@](C)(CC[C@H](O)[C@@]2(C)CO)C1/C=C/C1=CC(=C\c2cnc(N3CCN(C)CC3)nc2)/OC1=O. The molecule has 2 aliphatic heterocycles. The number of hydrogen-bond donors (Lipinski definition) is 2. The summed E-state index contributed by atoms with van der Waals surface area (Å²) in [6.45, 7) is 12.4. The standard InChI is InChI=1S/C30H40N4O4/c1-20-5-8-25-29(2,10-9-26(36)30(25,3)19-35)24(20)7-6-22-16-23(38-27(22)37)15-21-17-31-28(32-18-21)34-13-11-33(4)12-14-34/h6-7,15-18,24-26,35-36H,1,5,8-14,19H2,2-4H3/b7-6+,23-15+/t24?,25?,26-,29+,30-/m0/s1. The lowest BCUT2D eigenvalue weighted by Gasteiger charge is -2.59. The first-order valence-electron chi connectivity index (χ1n) is 13.7. The average molecular weight is 521 g/mol. The maximum absolute atomic E-state index is 12.7. The number of likely N-dealkylation sites (N-methyl/N-ethyl adjacent to an activating group) is 1. The number of allylic oxidation sites excluding steroid dienone is 3. The van der Waals surface area contributed by atoms with E-state index in [0.29, 0.717) is 17.8 Å². The third-order valence-corrected chi connectivity index (χ3v) is 9.52. The van der Waals surface area contributed by atoms with Crippen LogP contribution in [0.1, 0.15) is 45.1 Å². The van der Waals surface area contributed by atoms with Gasteiger partial charge in [-0.15, -0.1) is 0 Å². The van der Waals surface area contributed by atoms with Crippen molar-refractivity contribution in [2.75, 3.05) is 44.7 Å². The minimum Gasteiger partial charge on any atom is -0.423 e. The first-order valence-corrected chi connectivity index (χ1v) is 13.7. The first kappa shape index (κ1) is 26.8. The van der Waals surface area contributed by atoms with E-state index in [0.717, 1.165) is 62.5 Å². The highest BCUT2D eigenvalue weighted by Crippen LogP contribution is 2.61. The summed E-state index contributed by atoms with van der Waals surface area (Å²) in [6, 6.07) is 0. The van der Waals surface area contributed by atoms with Crippen molar-refractivity contribution in [1.82, 2.24) is 14.9 Å². The van der Waals surface area contributed by atoms with Gasteiger partial charge in [0, 0.05) is 55.5 Å². The lowest BCUT2D eigenvalue weighted by Crippen LogP contribution is -2.57. The highest BCUT2D eigenvalue weighted by molar-refractivity contribution is 5.96. The topological polar surface area (TPSA) is 99.0 Å². The van der Waals surface area contributed by atoms with Crippen LogP contribution in [0.2, 0.25) is 0 Å². The Hall–Kier alpha value is -2.81. The molecule has 2 N–H and O–H groups in total. The van der Waals surface area contributed by atoms with Gasteiger partial charge in [0.2, 0.25) is 5.95 Å². The van der Waals surface area contributed by atoms with Gasteiger partial charge < -0.3 is 24.7 Å². The molecular formula is C30H40N4O4. The molecule has 38 heavy (non-hydrogen) atoms. The summed E-state index contributed by atoms with van der Waals surface area (Å²) < 4.78 is 5.52. The predicted molar refractivity (Wildman–Crippen MR) is 147 cm³/mol. The molecular weight excluding hydrogens is 480 g/mol. The van der Waals surface area contributed by atoms with E-state index in [-0.39, 0.29) is 29.8 Å². The van der Waals surface area contributed by atoms with E-state index in [1.807, 2.05) is 13.0 Å². The number of rotatable bonds is 5. The van der Waals surface area contributed by atoms with Crippen molar-refractivity contribution in [2.24, 2.45) is 22.7 Å². The molecule has 8 nitrogen and oxygen atoms in total. The number of aliphatic hydroxyl groups is 2. The zero-order valence-corrected chi connectivity index (χ0v) is 22.8. The predicted octanol–water partition coefficient (Wildman–Crippen LogP) is 3.35. The summed E-state index contributed by atoms with van der Waals surface area (Å²) >= 11 is 0.